The summed E-state index contributed by atoms with van der Waals surface area (Å²) < 4.78 is 1.60. The van der Waals surface area contributed by atoms with Gasteiger partial charge in [0, 0.05) is 19.6 Å². The third-order valence-corrected chi connectivity index (χ3v) is 4.30. The molecule has 7 heteroatoms. The molecule has 19 heavy (non-hydrogen) atoms. The van der Waals surface area contributed by atoms with Crippen molar-refractivity contribution in [1.82, 2.24) is 19.7 Å². The molecule has 1 aliphatic rings. The summed E-state index contributed by atoms with van der Waals surface area (Å²) >= 11 is 1.36. The molecule has 0 radical (unpaired) electrons. The highest BCUT2D eigenvalue weighted by molar-refractivity contribution is 8.00. The van der Waals surface area contributed by atoms with Gasteiger partial charge in [-0.1, -0.05) is 18.7 Å². The maximum absolute atomic E-state index is 12.2. The monoisotopic (exact) mass is 284 g/mol. The summed E-state index contributed by atoms with van der Waals surface area (Å²) in [6, 6.07) is 0. The zero-order valence-electron chi connectivity index (χ0n) is 11.4. The van der Waals surface area contributed by atoms with Crippen molar-refractivity contribution < 1.29 is 4.79 Å². The van der Waals surface area contributed by atoms with Crippen molar-refractivity contribution in [2.75, 3.05) is 13.1 Å². The van der Waals surface area contributed by atoms with E-state index in [0.29, 0.717) is 11.7 Å². The molecule has 106 valence electrons. The van der Waals surface area contributed by atoms with E-state index in [-0.39, 0.29) is 16.8 Å². The van der Waals surface area contributed by atoms with Crippen LogP contribution >= 0.6 is 11.8 Å². The van der Waals surface area contributed by atoms with Crippen LogP contribution in [0.3, 0.4) is 0 Å². The number of nitrogens with zero attached hydrogens (tertiary/aromatic N) is 3. The number of rotatable bonds is 5. The Hall–Kier alpha value is -1.24. The maximum atomic E-state index is 12.2. The molecule has 1 aromatic rings. The first-order valence-electron chi connectivity index (χ1n) is 6.74. The van der Waals surface area contributed by atoms with Crippen molar-refractivity contribution in [3.05, 3.63) is 10.5 Å². The van der Waals surface area contributed by atoms with E-state index in [1.54, 1.807) is 4.57 Å². The fourth-order valence-electron chi connectivity index (χ4n) is 2.22. The summed E-state index contributed by atoms with van der Waals surface area (Å²) in [6.07, 6.45) is 3.04. The van der Waals surface area contributed by atoms with Crippen LogP contribution < -0.4 is 5.69 Å². The molecule has 1 atom stereocenters. The van der Waals surface area contributed by atoms with Gasteiger partial charge in [-0.15, -0.1) is 5.10 Å². The Balaban J connectivity index is 2.03. The second-order valence-electron chi connectivity index (χ2n) is 4.76. The minimum atomic E-state index is -0.205. The second kappa shape index (κ2) is 6.27. The average molecular weight is 284 g/mol. The van der Waals surface area contributed by atoms with Crippen LogP contribution in [-0.2, 0) is 11.3 Å². The molecule has 1 aliphatic heterocycles. The van der Waals surface area contributed by atoms with E-state index in [1.165, 1.54) is 11.8 Å². The molecule has 1 unspecified atom stereocenters. The topological polar surface area (TPSA) is 71.0 Å². The highest BCUT2D eigenvalue weighted by Gasteiger charge is 2.25. The van der Waals surface area contributed by atoms with Crippen molar-refractivity contribution in [3.8, 4) is 0 Å². The van der Waals surface area contributed by atoms with Crippen LogP contribution in [0.25, 0.3) is 0 Å². The van der Waals surface area contributed by atoms with Gasteiger partial charge in [-0.05, 0) is 26.2 Å². The van der Waals surface area contributed by atoms with E-state index in [9.17, 15) is 9.59 Å². The fraction of sp³-hybridized carbons (Fsp3) is 0.750. The van der Waals surface area contributed by atoms with Gasteiger partial charge in [0.15, 0.2) is 5.16 Å². The van der Waals surface area contributed by atoms with Crippen LogP contribution in [0.2, 0.25) is 0 Å². The zero-order valence-corrected chi connectivity index (χ0v) is 12.2. The van der Waals surface area contributed by atoms with Gasteiger partial charge in [-0.3, -0.25) is 9.36 Å². The number of carbonyl (C=O) groups excluding carboxylic acids is 1. The van der Waals surface area contributed by atoms with Gasteiger partial charge in [0.2, 0.25) is 5.91 Å². The molecule has 0 aromatic carbocycles. The lowest BCUT2D eigenvalue weighted by Gasteiger charge is -2.19. The molecule has 6 nitrogen and oxygen atoms in total. The number of hydrogen-bond donors (Lipinski definition) is 1. The summed E-state index contributed by atoms with van der Waals surface area (Å²) in [7, 11) is 0. The molecule has 0 bridgehead atoms. The van der Waals surface area contributed by atoms with Gasteiger partial charge < -0.3 is 4.90 Å². The summed E-state index contributed by atoms with van der Waals surface area (Å²) in [4.78, 5) is 25.7. The van der Waals surface area contributed by atoms with Crippen LogP contribution in [0.4, 0.5) is 0 Å². The zero-order chi connectivity index (χ0) is 13.8. The van der Waals surface area contributed by atoms with Crippen molar-refractivity contribution in [2.24, 2.45) is 0 Å². The van der Waals surface area contributed by atoms with Gasteiger partial charge >= 0.3 is 5.69 Å². The first-order chi connectivity index (χ1) is 9.13. The van der Waals surface area contributed by atoms with Crippen molar-refractivity contribution in [3.63, 3.8) is 0 Å². The number of aromatic nitrogens is 3. The van der Waals surface area contributed by atoms with Crippen LogP contribution in [-0.4, -0.2) is 43.9 Å². The minimum Gasteiger partial charge on any atom is -0.342 e. The molecule has 2 heterocycles. The molecular formula is C12H20N4O2S. The number of hydrogen-bond acceptors (Lipinski definition) is 4. The number of nitrogens with one attached hydrogen (secondary N) is 1. The van der Waals surface area contributed by atoms with Crippen molar-refractivity contribution in [1.29, 1.82) is 0 Å². The SMILES string of the molecule is CCCn1c(SC(C)C(=O)N2CCCC2)n[nH]c1=O. The van der Waals surface area contributed by atoms with Crippen LogP contribution in [0.5, 0.6) is 0 Å². The van der Waals surface area contributed by atoms with Gasteiger partial charge in [-0.2, -0.15) is 0 Å². The Labute approximate surface area is 116 Å². The van der Waals surface area contributed by atoms with Crippen molar-refractivity contribution in [2.45, 2.75) is 50.1 Å². The molecule has 1 saturated heterocycles. The molecule has 2 rings (SSSR count). The molecule has 1 aromatic heterocycles. The Morgan fingerprint density at radius 2 is 2.16 bits per heavy atom. The Bertz CT molecular complexity index is 490. The van der Waals surface area contributed by atoms with Gasteiger partial charge in [0.1, 0.15) is 0 Å². The molecule has 1 fully saturated rings. The minimum absolute atomic E-state index is 0.140. The smallest absolute Gasteiger partial charge is 0.342 e. The quantitative estimate of drug-likeness (QED) is 0.822. The van der Waals surface area contributed by atoms with Gasteiger partial charge in [0.05, 0.1) is 5.25 Å². The van der Waals surface area contributed by atoms with Crippen LogP contribution in [0, 0.1) is 0 Å². The summed E-state index contributed by atoms with van der Waals surface area (Å²) in [5.41, 5.74) is -0.204. The van der Waals surface area contributed by atoms with Crippen molar-refractivity contribution >= 4 is 17.7 Å². The summed E-state index contributed by atoms with van der Waals surface area (Å²) in [5, 5.41) is 6.85. The Morgan fingerprint density at radius 1 is 1.47 bits per heavy atom. The standard InChI is InChI=1S/C12H20N4O2S/c1-3-6-16-11(18)13-14-12(16)19-9(2)10(17)15-7-4-5-8-15/h9H,3-8H2,1-2H3,(H,13,18). The number of H-pyrrole nitrogens is 1. The maximum Gasteiger partial charge on any atom is 0.343 e. The third kappa shape index (κ3) is 3.20. The van der Waals surface area contributed by atoms with E-state index in [2.05, 4.69) is 10.2 Å². The normalized spacial score (nSPS) is 16.8. The predicted molar refractivity (Wildman–Crippen MR) is 74.3 cm³/mol. The predicted octanol–water partition coefficient (Wildman–Crippen LogP) is 1.08. The lowest BCUT2D eigenvalue weighted by Crippen LogP contribution is -2.34. The van der Waals surface area contributed by atoms with E-state index in [1.807, 2.05) is 18.7 Å². The largest absolute Gasteiger partial charge is 0.343 e. The lowest BCUT2D eigenvalue weighted by atomic mass is 10.4. The molecule has 1 N–H and O–H groups in total. The molecular weight excluding hydrogens is 264 g/mol. The molecule has 0 spiro atoms. The Morgan fingerprint density at radius 3 is 2.79 bits per heavy atom. The first-order valence-corrected chi connectivity index (χ1v) is 7.62. The van der Waals surface area contributed by atoms with Crippen LogP contribution in [0.1, 0.15) is 33.1 Å². The highest BCUT2D eigenvalue weighted by Crippen LogP contribution is 2.23. The van der Waals surface area contributed by atoms with Gasteiger partial charge in [0.25, 0.3) is 0 Å². The summed E-state index contributed by atoms with van der Waals surface area (Å²) in [5.74, 6) is 0.140. The van der Waals surface area contributed by atoms with Crippen LogP contribution in [0.15, 0.2) is 9.95 Å². The van der Waals surface area contributed by atoms with E-state index < -0.39 is 0 Å². The molecule has 0 saturated carbocycles. The first kappa shape index (κ1) is 14.2. The fourth-order valence-corrected chi connectivity index (χ4v) is 3.18. The average Bonchev–Trinajstić information content (AvgIpc) is 3.02. The summed E-state index contributed by atoms with van der Waals surface area (Å²) in [6.45, 7) is 6.22. The van der Waals surface area contributed by atoms with E-state index >= 15 is 0 Å². The third-order valence-electron chi connectivity index (χ3n) is 3.22. The highest BCUT2D eigenvalue weighted by atomic mass is 32.2. The Kier molecular flexibility index (Phi) is 4.68. The number of amides is 1. The number of aromatic amines is 1. The second-order valence-corrected chi connectivity index (χ2v) is 6.06. The number of thioether (sulfide) groups is 1. The molecule has 0 aliphatic carbocycles. The number of carbonyl (C=O) groups is 1. The number of likely N-dealkylation sites (tertiary alicyclic amines) is 1. The molecule has 1 amide bonds. The van der Waals surface area contributed by atoms with E-state index in [4.69, 9.17) is 0 Å². The lowest BCUT2D eigenvalue weighted by molar-refractivity contribution is -0.129. The van der Waals surface area contributed by atoms with E-state index in [0.717, 1.165) is 32.4 Å². The van der Waals surface area contributed by atoms with Gasteiger partial charge in [-0.25, -0.2) is 9.89 Å².